The Morgan fingerprint density at radius 2 is 1.84 bits per heavy atom. The summed E-state index contributed by atoms with van der Waals surface area (Å²) < 4.78 is 40.8. The third kappa shape index (κ3) is 5.32. The highest BCUT2D eigenvalue weighted by atomic mass is 35.5. The molecule has 0 aliphatic heterocycles. The molecule has 0 fully saturated rings. The molecule has 0 spiro atoms. The van der Waals surface area contributed by atoms with Gasteiger partial charge in [0.05, 0.1) is 39.9 Å². The number of anilines is 1. The standard InChI is InChI=1S/C20H14Cl2F3N5OS/c21-15-2-1-12(5-16(15)22)8-30-10-14(7-26-30)27-19(31)17-6-13(11-32-17)9-29-4-3-18(28-29)20(23,24)25/h1-7,10-11H,8-9H2,(H,27,31). The van der Waals surface area contributed by atoms with Crippen LogP contribution >= 0.6 is 34.5 Å². The molecule has 32 heavy (non-hydrogen) atoms. The summed E-state index contributed by atoms with van der Waals surface area (Å²) in [6.45, 7) is 0.571. The van der Waals surface area contributed by atoms with Crippen LogP contribution in [0.1, 0.15) is 26.5 Å². The number of hydrogen-bond donors (Lipinski definition) is 1. The van der Waals surface area contributed by atoms with Crippen LogP contribution in [0, 0.1) is 0 Å². The third-order valence-corrected chi connectivity index (χ3v) is 6.09. The summed E-state index contributed by atoms with van der Waals surface area (Å²) in [6, 6.07) is 7.81. The van der Waals surface area contributed by atoms with Crippen LogP contribution in [0.25, 0.3) is 0 Å². The van der Waals surface area contributed by atoms with Crippen molar-refractivity contribution >= 4 is 46.1 Å². The largest absolute Gasteiger partial charge is 0.435 e. The van der Waals surface area contributed by atoms with E-state index >= 15 is 0 Å². The molecule has 1 amide bonds. The SMILES string of the molecule is O=C(Nc1cnn(Cc2ccc(Cl)c(Cl)c2)c1)c1cc(Cn2ccc(C(F)(F)F)n2)cs1. The molecule has 0 atom stereocenters. The number of carbonyl (C=O) groups is 1. The van der Waals surface area contributed by atoms with Crippen molar-refractivity contribution in [3.05, 3.63) is 86.0 Å². The summed E-state index contributed by atoms with van der Waals surface area (Å²) in [6.07, 6.45) is -0.0403. The molecule has 0 saturated carbocycles. The minimum atomic E-state index is -4.49. The van der Waals surface area contributed by atoms with Crippen LogP contribution in [-0.2, 0) is 19.3 Å². The van der Waals surface area contributed by atoms with E-state index in [1.807, 2.05) is 6.07 Å². The molecule has 3 aromatic heterocycles. The first-order chi connectivity index (χ1) is 15.2. The Balaban J connectivity index is 1.37. The normalized spacial score (nSPS) is 11.7. The second-order valence-electron chi connectivity index (χ2n) is 6.84. The van der Waals surface area contributed by atoms with Crippen LogP contribution in [0.15, 0.2) is 54.3 Å². The number of alkyl halides is 3. The van der Waals surface area contributed by atoms with Gasteiger partial charge in [0.2, 0.25) is 0 Å². The van der Waals surface area contributed by atoms with E-state index in [1.165, 1.54) is 28.4 Å². The van der Waals surface area contributed by atoms with E-state index < -0.39 is 11.9 Å². The second-order valence-corrected chi connectivity index (χ2v) is 8.57. The summed E-state index contributed by atoms with van der Waals surface area (Å²) in [5.41, 5.74) is 1.12. The minimum absolute atomic E-state index is 0.126. The summed E-state index contributed by atoms with van der Waals surface area (Å²) in [5.74, 6) is -0.341. The number of amides is 1. The molecule has 1 aromatic carbocycles. The fraction of sp³-hybridized carbons (Fsp3) is 0.150. The van der Waals surface area contributed by atoms with Crippen molar-refractivity contribution in [2.75, 3.05) is 5.32 Å². The van der Waals surface area contributed by atoms with E-state index in [2.05, 4.69) is 15.5 Å². The van der Waals surface area contributed by atoms with Crippen LogP contribution in [-0.4, -0.2) is 25.5 Å². The van der Waals surface area contributed by atoms with Gasteiger partial charge in [-0.3, -0.25) is 14.2 Å². The van der Waals surface area contributed by atoms with Gasteiger partial charge in [0.25, 0.3) is 5.91 Å². The van der Waals surface area contributed by atoms with Crippen molar-refractivity contribution in [1.29, 1.82) is 0 Å². The second kappa shape index (κ2) is 8.97. The van der Waals surface area contributed by atoms with E-state index in [4.69, 9.17) is 23.2 Å². The van der Waals surface area contributed by atoms with Crippen LogP contribution in [0.3, 0.4) is 0 Å². The Bertz CT molecular complexity index is 1260. The van der Waals surface area contributed by atoms with Crippen molar-refractivity contribution < 1.29 is 18.0 Å². The molecule has 4 rings (SSSR count). The number of nitrogens with one attached hydrogen (secondary N) is 1. The van der Waals surface area contributed by atoms with Gasteiger partial charge < -0.3 is 5.32 Å². The van der Waals surface area contributed by atoms with Crippen LogP contribution in [0.2, 0.25) is 10.0 Å². The number of hydrogen-bond acceptors (Lipinski definition) is 4. The first-order valence-corrected chi connectivity index (χ1v) is 10.8. The predicted molar refractivity (Wildman–Crippen MR) is 116 cm³/mol. The van der Waals surface area contributed by atoms with Crippen LogP contribution < -0.4 is 5.32 Å². The van der Waals surface area contributed by atoms with E-state index in [0.717, 1.165) is 11.6 Å². The average molecular weight is 500 g/mol. The number of nitrogens with zero attached hydrogens (tertiary/aromatic N) is 4. The van der Waals surface area contributed by atoms with Gasteiger partial charge in [-0.05, 0) is 40.8 Å². The lowest BCUT2D eigenvalue weighted by Crippen LogP contribution is -2.10. The third-order valence-electron chi connectivity index (χ3n) is 4.37. The maximum Gasteiger partial charge on any atom is 0.435 e. The summed E-state index contributed by atoms with van der Waals surface area (Å²) >= 11 is 13.1. The van der Waals surface area contributed by atoms with Gasteiger partial charge in [-0.15, -0.1) is 11.3 Å². The lowest BCUT2D eigenvalue weighted by Gasteiger charge is -2.04. The first kappa shape index (κ1) is 22.4. The van der Waals surface area contributed by atoms with Crippen molar-refractivity contribution in [2.24, 2.45) is 0 Å². The predicted octanol–water partition coefficient (Wildman–Crippen LogP) is 5.82. The molecule has 6 nitrogen and oxygen atoms in total. The molecule has 3 heterocycles. The van der Waals surface area contributed by atoms with E-state index in [9.17, 15) is 18.0 Å². The van der Waals surface area contributed by atoms with Gasteiger partial charge >= 0.3 is 6.18 Å². The number of halogens is 5. The maximum atomic E-state index is 12.7. The number of thiophene rings is 1. The van der Waals surface area contributed by atoms with E-state index in [-0.39, 0.29) is 12.5 Å². The molecular weight excluding hydrogens is 486 g/mol. The lowest BCUT2D eigenvalue weighted by atomic mass is 10.2. The van der Waals surface area contributed by atoms with Crippen molar-refractivity contribution in [1.82, 2.24) is 19.6 Å². The highest BCUT2D eigenvalue weighted by molar-refractivity contribution is 7.12. The number of benzene rings is 1. The number of aromatic nitrogens is 4. The van der Waals surface area contributed by atoms with Gasteiger partial charge in [0.15, 0.2) is 5.69 Å². The number of carbonyl (C=O) groups excluding carboxylic acids is 1. The monoisotopic (exact) mass is 499 g/mol. The molecule has 0 aliphatic carbocycles. The Hall–Kier alpha value is -2.82. The molecule has 1 N–H and O–H groups in total. The van der Waals surface area contributed by atoms with Gasteiger partial charge in [-0.25, -0.2) is 0 Å². The molecule has 12 heteroatoms. The van der Waals surface area contributed by atoms with Crippen molar-refractivity contribution in [3.63, 3.8) is 0 Å². The molecule has 0 aliphatic rings. The van der Waals surface area contributed by atoms with E-state index in [0.29, 0.717) is 32.7 Å². The van der Waals surface area contributed by atoms with Crippen molar-refractivity contribution in [3.8, 4) is 0 Å². The molecule has 4 aromatic rings. The minimum Gasteiger partial charge on any atom is -0.319 e. The summed E-state index contributed by atoms with van der Waals surface area (Å²) in [4.78, 5) is 12.9. The highest BCUT2D eigenvalue weighted by Crippen LogP contribution is 2.27. The molecule has 0 bridgehead atoms. The van der Waals surface area contributed by atoms with E-state index in [1.54, 1.807) is 34.5 Å². The fourth-order valence-electron chi connectivity index (χ4n) is 2.90. The van der Waals surface area contributed by atoms with Crippen LogP contribution in [0.5, 0.6) is 0 Å². The van der Waals surface area contributed by atoms with Gasteiger partial charge in [0.1, 0.15) is 0 Å². The van der Waals surface area contributed by atoms with Crippen LogP contribution in [0.4, 0.5) is 18.9 Å². The smallest absolute Gasteiger partial charge is 0.319 e. The zero-order valence-electron chi connectivity index (χ0n) is 16.1. The quantitative estimate of drug-likeness (QED) is 0.363. The Morgan fingerprint density at radius 1 is 1.06 bits per heavy atom. The maximum absolute atomic E-state index is 12.7. The topological polar surface area (TPSA) is 64.7 Å². The fourth-order valence-corrected chi connectivity index (χ4v) is 4.02. The van der Waals surface area contributed by atoms with Gasteiger partial charge in [0, 0.05) is 12.4 Å². The Kier molecular flexibility index (Phi) is 6.27. The Morgan fingerprint density at radius 3 is 2.56 bits per heavy atom. The van der Waals surface area contributed by atoms with Gasteiger partial charge in [-0.1, -0.05) is 29.3 Å². The highest BCUT2D eigenvalue weighted by Gasteiger charge is 2.33. The van der Waals surface area contributed by atoms with Gasteiger partial charge in [-0.2, -0.15) is 23.4 Å². The molecule has 0 saturated heterocycles. The average Bonchev–Trinajstić information content (AvgIpc) is 3.46. The molecule has 0 radical (unpaired) electrons. The molecule has 166 valence electrons. The number of rotatable bonds is 6. The zero-order valence-corrected chi connectivity index (χ0v) is 18.4. The lowest BCUT2D eigenvalue weighted by molar-refractivity contribution is -0.141. The summed E-state index contributed by atoms with van der Waals surface area (Å²) in [7, 11) is 0. The first-order valence-electron chi connectivity index (χ1n) is 9.13. The van der Waals surface area contributed by atoms with Crippen molar-refractivity contribution in [2.45, 2.75) is 19.3 Å². The Labute approximate surface area is 194 Å². The summed E-state index contributed by atoms with van der Waals surface area (Å²) in [5, 5.41) is 13.1. The molecule has 0 unspecified atom stereocenters. The zero-order chi connectivity index (χ0) is 22.9. The molecular formula is C20H14Cl2F3N5OS.